The van der Waals surface area contributed by atoms with Gasteiger partial charge in [-0.3, -0.25) is 4.98 Å². The van der Waals surface area contributed by atoms with Crippen molar-refractivity contribution in [2.45, 2.75) is 0 Å². The van der Waals surface area contributed by atoms with Crippen molar-refractivity contribution < 1.29 is 9.53 Å². The van der Waals surface area contributed by atoms with Crippen LogP contribution in [0.2, 0.25) is 0 Å². The molecule has 0 saturated heterocycles. The summed E-state index contributed by atoms with van der Waals surface area (Å²) < 4.78 is 6.58. The molecule has 3 aromatic rings. The second-order valence-electron chi connectivity index (χ2n) is 4.15. The van der Waals surface area contributed by atoms with Crippen LogP contribution in [-0.4, -0.2) is 22.6 Å². The topological polar surface area (TPSA) is 44.1 Å². The molecule has 0 amide bonds. The Morgan fingerprint density at radius 3 is 2.89 bits per heavy atom. The van der Waals surface area contributed by atoms with E-state index in [1.807, 2.05) is 41.1 Å². The van der Waals surface area contributed by atoms with Crippen LogP contribution in [0.25, 0.3) is 16.6 Å². The predicted molar refractivity (Wildman–Crippen MR) is 72.4 cm³/mol. The maximum atomic E-state index is 11.5. The van der Waals surface area contributed by atoms with Crippen LogP contribution < -0.4 is 0 Å². The van der Waals surface area contributed by atoms with Crippen molar-refractivity contribution in [2.24, 2.45) is 0 Å². The van der Waals surface area contributed by atoms with Crippen LogP contribution in [0.15, 0.2) is 55.0 Å². The van der Waals surface area contributed by atoms with Gasteiger partial charge in [-0.2, -0.15) is 0 Å². The van der Waals surface area contributed by atoms with Crippen LogP contribution in [0, 0.1) is 0 Å². The predicted octanol–water partition coefficient (Wildman–Crippen LogP) is 2.81. The molecule has 0 unspecified atom stereocenters. The maximum Gasteiger partial charge on any atom is 0.339 e. The lowest BCUT2D eigenvalue weighted by molar-refractivity contribution is 0.0601. The molecule has 2 heterocycles. The molecule has 0 N–H and O–H groups in total. The number of pyridine rings is 1. The second-order valence-corrected chi connectivity index (χ2v) is 4.15. The fraction of sp³-hybridized carbons (Fsp3) is 0.0667. The minimum absolute atomic E-state index is 0.341. The van der Waals surface area contributed by atoms with Gasteiger partial charge in [0.15, 0.2) is 0 Å². The largest absolute Gasteiger partial charge is 0.465 e. The summed E-state index contributed by atoms with van der Waals surface area (Å²) in [7, 11) is 1.37. The van der Waals surface area contributed by atoms with Crippen molar-refractivity contribution in [1.82, 2.24) is 9.55 Å². The molecule has 0 aliphatic heterocycles. The fourth-order valence-electron chi connectivity index (χ4n) is 2.08. The molecule has 4 heteroatoms. The minimum Gasteiger partial charge on any atom is -0.465 e. The van der Waals surface area contributed by atoms with Crippen molar-refractivity contribution in [2.75, 3.05) is 7.11 Å². The van der Waals surface area contributed by atoms with Gasteiger partial charge >= 0.3 is 5.97 Å². The molecule has 0 bridgehead atoms. The van der Waals surface area contributed by atoms with Crippen molar-refractivity contribution in [1.29, 1.82) is 0 Å². The zero-order chi connectivity index (χ0) is 13.2. The number of para-hydroxylation sites is 1. The van der Waals surface area contributed by atoms with Gasteiger partial charge < -0.3 is 9.30 Å². The van der Waals surface area contributed by atoms with Gasteiger partial charge in [-0.1, -0.05) is 18.2 Å². The van der Waals surface area contributed by atoms with Gasteiger partial charge in [0, 0.05) is 24.0 Å². The Hall–Kier alpha value is -2.62. The number of rotatable bonds is 2. The molecule has 0 spiro atoms. The third-order valence-electron chi connectivity index (χ3n) is 3.00. The van der Waals surface area contributed by atoms with Crippen LogP contribution >= 0.6 is 0 Å². The third-order valence-corrected chi connectivity index (χ3v) is 3.00. The number of nitrogens with zero attached hydrogens (tertiary/aromatic N) is 2. The van der Waals surface area contributed by atoms with E-state index in [0.29, 0.717) is 5.56 Å². The molecular formula is C15H12N2O2. The molecule has 2 aromatic heterocycles. The molecular weight excluding hydrogens is 240 g/mol. The van der Waals surface area contributed by atoms with E-state index in [4.69, 9.17) is 4.74 Å². The number of benzene rings is 1. The van der Waals surface area contributed by atoms with E-state index >= 15 is 0 Å². The number of hydrogen-bond donors (Lipinski definition) is 0. The van der Waals surface area contributed by atoms with Crippen LogP contribution in [0.1, 0.15) is 10.4 Å². The summed E-state index contributed by atoms with van der Waals surface area (Å²) in [5, 5.41) is 1.06. The zero-order valence-corrected chi connectivity index (χ0v) is 10.4. The number of ether oxygens (including phenoxy) is 1. The van der Waals surface area contributed by atoms with Gasteiger partial charge in [0.2, 0.25) is 0 Å². The van der Waals surface area contributed by atoms with E-state index in [-0.39, 0.29) is 5.97 Å². The number of esters is 1. The van der Waals surface area contributed by atoms with Crippen LogP contribution in [0.5, 0.6) is 0 Å². The average Bonchev–Trinajstić information content (AvgIpc) is 2.95. The SMILES string of the molecule is COC(=O)c1ccn(-c2cccc3cccnc23)c1. The number of aromatic nitrogens is 2. The van der Waals surface area contributed by atoms with Gasteiger partial charge in [0.05, 0.1) is 23.9 Å². The Labute approximate surface area is 110 Å². The lowest BCUT2D eigenvalue weighted by atomic mass is 10.2. The first-order chi connectivity index (χ1) is 9.29. The Kier molecular flexibility index (Phi) is 2.76. The van der Waals surface area contributed by atoms with Gasteiger partial charge in [0.25, 0.3) is 0 Å². The highest BCUT2D eigenvalue weighted by Crippen LogP contribution is 2.20. The summed E-state index contributed by atoms with van der Waals surface area (Å²) in [6, 6.07) is 11.6. The number of methoxy groups -OCH3 is 1. The zero-order valence-electron chi connectivity index (χ0n) is 10.4. The molecule has 0 aliphatic rings. The molecule has 0 fully saturated rings. The van der Waals surface area contributed by atoms with E-state index in [2.05, 4.69) is 4.98 Å². The highest BCUT2D eigenvalue weighted by atomic mass is 16.5. The molecule has 0 radical (unpaired) electrons. The first-order valence-corrected chi connectivity index (χ1v) is 5.90. The Morgan fingerprint density at radius 1 is 1.21 bits per heavy atom. The monoisotopic (exact) mass is 252 g/mol. The van der Waals surface area contributed by atoms with E-state index in [9.17, 15) is 4.79 Å². The highest BCUT2D eigenvalue weighted by Gasteiger charge is 2.09. The molecule has 0 aliphatic carbocycles. The molecule has 19 heavy (non-hydrogen) atoms. The van der Waals surface area contributed by atoms with E-state index in [1.165, 1.54) is 7.11 Å². The fourth-order valence-corrected chi connectivity index (χ4v) is 2.08. The van der Waals surface area contributed by atoms with E-state index in [1.54, 1.807) is 18.5 Å². The van der Waals surface area contributed by atoms with Crippen molar-refractivity contribution in [3.63, 3.8) is 0 Å². The van der Waals surface area contributed by atoms with Crippen LogP contribution in [0.4, 0.5) is 0 Å². The summed E-state index contributed by atoms with van der Waals surface area (Å²) in [4.78, 5) is 15.9. The average molecular weight is 252 g/mol. The molecule has 0 atom stereocenters. The van der Waals surface area contributed by atoms with Crippen molar-refractivity contribution >= 4 is 16.9 Å². The first kappa shape index (κ1) is 11.5. The first-order valence-electron chi connectivity index (χ1n) is 5.90. The highest BCUT2D eigenvalue weighted by molar-refractivity contribution is 5.90. The Bertz CT molecular complexity index is 741. The van der Waals surface area contributed by atoms with E-state index < -0.39 is 0 Å². The van der Waals surface area contributed by atoms with Gasteiger partial charge in [-0.15, -0.1) is 0 Å². The number of hydrogen-bond acceptors (Lipinski definition) is 3. The van der Waals surface area contributed by atoms with Gasteiger partial charge in [-0.25, -0.2) is 4.79 Å². The number of carbonyl (C=O) groups is 1. The number of carbonyl (C=O) groups excluding carboxylic acids is 1. The summed E-state index contributed by atoms with van der Waals surface area (Å²) in [6.45, 7) is 0. The van der Waals surface area contributed by atoms with Crippen LogP contribution in [-0.2, 0) is 4.74 Å². The molecule has 0 saturated carbocycles. The second kappa shape index (κ2) is 4.57. The molecule has 4 nitrogen and oxygen atoms in total. The lowest BCUT2D eigenvalue weighted by Gasteiger charge is -2.06. The van der Waals surface area contributed by atoms with Crippen molar-refractivity contribution in [3.8, 4) is 5.69 Å². The standard InChI is InChI=1S/C15H12N2O2/c1-19-15(18)12-7-9-17(10-12)13-6-2-4-11-5-3-8-16-14(11)13/h2-10H,1H3. The smallest absolute Gasteiger partial charge is 0.339 e. The summed E-state index contributed by atoms with van der Waals surface area (Å²) in [5.41, 5.74) is 2.36. The Morgan fingerprint density at radius 2 is 2.05 bits per heavy atom. The van der Waals surface area contributed by atoms with E-state index in [0.717, 1.165) is 16.6 Å². The normalized spacial score (nSPS) is 10.6. The van der Waals surface area contributed by atoms with Crippen molar-refractivity contribution in [3.05, 3.63) is 60.6 Å². The molecule has 3 rings (SSSR count). The maximum absolute atomic E-state index is 11.5. The number of fused-ring (bicyclic) bond motifs is 1. The van der Waals surface area contributed by atoms with Gasteiger partial charge in [0.1, 0.15) is 0 Å². The minimum atomic E-state index is -0.341. The van der Waals surface area contributed by atoms with Gasteiger partial charge in [-0.05, 0) is 18.2 Å². The summed E-state index contributed by atoms with van der Waals surface area (Å²) in [6.07, 6.45) is 5.33. The summed E-state index contributed by atoms with van der Waals surface area (Å²) in [5.74, 6) is -0.341. The Balaban J connectivity index is 2.14. The molecule has 94 valence electrons. The third kappa shape index (κ3) is 1.97. The molecule has 1 aromatic carbocycles. The quantitative estimate of drug-likeness (QED) is 0.659. The lowest BCUT2D eigenvalue weighted by Crippen LogP contribution is -1.99. The summed E-state index contributed by atoms with van der Waals surface area (Å²) >= 11 is 0. The van der Waals surface area contributed by atoms with Crippen LogP contribution in [0.3, 0.4) is 0 Å².